The van der Waals surface area contributed by atoms with Crippen LogP contribution in [0.25, 0.3) is 11.3 Å². The highest BCUT2D eigenvalue weighted by atomic mass is 35.5. The number of hydrogen-bond acceptors (Lipinski definition) is 3. The van der Waals surface area contributed by atoms with E-state index in [2.05, 4.69) is 0 Å². The number of ether oxygens (including phenoxy) is 1. The van der Waals surface area contributed by atoms with Crippen molar-refractivity contribution in [1.29, 1.82) is 0 Å². The Bertz CT molecular complexity index is 575. The van der Waals surface area contributed by atoms with E-state index in [-0.39, 0.29) is 0 Å². The highest BCUT2D eigenvalue weighted by molar-refractivity contribution is 6.30. The molecule has 0 radical (unpaired) electrons. The molecule has 1 aromatic carbocycles. The molecule has 0 atom stereocenters. The zero-order valence-electron chi connectivity index (χ0n) is 10.7. The molecule has 2 aromatic rings. The highest BCUT2D eigenvalue weighted by Crippen LogP contribution is 2.23. The molecular weight excluding hydrogens is 266 g/mol. The van der Waals surface area contributed by atoms with E-state index in [0.717, 1.165) is 11.3 Å². The van der Waals surface area contributed by atoms with Crippen LogP contribution in [0.2, 0.25) is 5.02 Å². The average molecular weight is 280 g/mol. The van der Waals surface area contributed by atoms with Gasteiger partial charge >= 0.3 is 5.97 Å². The highest BCUT2D eigenvalue weighted by Gasteiger charge is 2.17. The third-order valence-electron chi connectivity index (χ3n) is 2.64. The Morgan fingerprint density at radius 1 is 1.21 bits per heavy atom. The van der Waals surface area contributed by atoms with Crippen LogP contribution in [-0.4, -0.2) is 24.4 Å². The number of carbonyl (C=O) groups is 1. The minimum absolute atomic E-state index is 0.323. The van der Waals surface area contributed by atoms with Gasteiger partial charge in [-0.25, -0.2) is 4.79 Å². The van der Waals surface area contributed by atoms with Gasteiger partial charge in [-0.15, -0.1) is 0 Å². The molecule has 100 valence electrons. The SMILES string of the molecule is CCOC(=O)c1ccc(-c2ccc(Cl)cc2)n1OC. The quantitative estimate of drug-likeness (QED) is 0.808. The smallest absolute Gasteiger partial charge is 0.358 e. The van der Waals surface area contributed by atoms with Crippen LogP contribution in [0.15, 0.2) is 36.4 Å². The molecule has 2 rings (SSSR count). The third kappa shape index (κ3) is 2.74. The first kappa shape index (κ1) is 13.5. The summed E-state index contributed by atoms with van der Waals surface area (Å²) in [6.07, 6.45) is 0. The second kappa shape index (κ2) is 5.80. The fourth-order valence-electron chi connectivity index (χ4n) is 1.81. The Hall–Kier alpha value is -1.94. The first-order chi connectivity index (χ1) is 9.17. The van der Waals surface area contributed by atoms with E-state index in [1.165, 1.54) is 11.8 Å². The lowest BCUT2D eigenvalue weighted by Gasteiger charge is -2.10. The summed E-state index contributed by atoms with van der Waals surface area (Å²) >= 11 is 5.86. The van der Waals surface area contributed by atoms with Gasteiger partial charge in [0.25, 0.3) is 0 Å². The summed E-state index contributed by atoms with van der Waals surface area (Å²) in [5, 5.41) is 0.657. The number of halogens is 1. The van der Waals surface area contributed by atoms with E-state index in [9.17, 15) is 4.79 Å². The van der Waals surface area contributed by atoms with Crippen molar-refractivity contribution in [2.24, 2.45) is 0 Å². The maximum atomic E-state index is 11.8. The van der Waals surface area contributed by atoms with Crippen LogP contribution < -0.4 is 4.84 Å². The van der Waals surface area contributed by atoms with Gasteiger partial charge in [-0.3, -0.25) is 0 Å². The van der Waals surface area contributed by atoms with Crippen molar-refractivity contribution in [3.63, 3.8) is 0 Å². The van der Waals surface area contributed by atoms with Gasteiger partial charge in [-0.05, 0) is 31.2 Å². The van der Waals surface area contributed by atoms with Crippen molar-refractivity contribution in [1.82, 2.24) is 4.73 Å². The Balaban J connectivity index is 2.42. The number of rotatable bonds is 4. The van der Waals surface area contributed by atoms with Crippen LogP contribution in [0.5, 0.6) is 0 Å². The summed E-state index contributed by atoms with van der Waals surface area (Å²) in [5.74, 6) is -0.412. The van der Waals surface area contributed by atoms with E-state index in [1.807, 2.05) is 12.1 Å². The summed E-state index contributed by atoms with van der Waals surface area (Å²) in [6, 6.07) is 10.8. The monoisotopic (exact) mass is 279 g/mol. The van der Waals surface area contributed by atoms with E-state index < -0.39 is 5.97 Å². The normalized spacial score (nSPS) is 10.3. The molecule has 0 saturated carbocycles. The molecule has 0 aliphatic carbocycles. The molecule has 0 amide bonds. The number of benzene rings is 1. The van der Waals surface area contributed by atoms with Gasteiger partial charge in [0.2, 0.25) is 0 Å². The van der Waals surface area contributed by atoms with Crippen molar-refractivity contribution in [3.05, 3.63) is 47.1 Å². The Morgan fingerprint density at radius 3 is 2.47 bits per heavy atom. The molecule has 0 unspecified atom stereocenters. The minimum atomic E-state index is -0.412. The molecule has 0 aliphatic heterocycles. The van der Waals surface area contributed by atoms with E-state index >= 15 is 0 Å². The second-order valence-corrected chi connectivity index (χ2v) is 4.24. The summed E-state index contributed by atoms with van der Waals surface area (Å²) in [5.41, 5.74) is 2.03. The topological polar surface area (TPSA) is 40.5 Å². The first-order valence-corrected chi connectivity index (χ1v) is 6.24. The predicted octanol–water partition coefficient (Wildman–Crippen LogP) is 3.04. The maximum absolute atomic E-state index is 11.8. The molecule has 4 nitrogen and oxygen atoms in total. The van der Waals surface area contributed by atoms with Gasteiger partial charge in [0.15, 0.2) is 5.69 Å². The maximum Gasteiger partial charge on any atom is 0.358 e. The van der Waals surface area contributed by atoms with E-state index in [1.54, 1.807) is 31.2 Å². The van der Waals surface area contributed by atoms with Gasteiger partial charge < -0.3 is 9.57 Å². The summed E-state index contributed by atoms with van der Waals surface area (Å²) in [4.78, 5) is 17.0. The van der Waals surface area contributed by atoms with E-state index in [0.29, 0.717) is 17.3 Å². The fourth-order valence-corrected chi connectivity index (χ4v) is 1.94. The number of aromatic nitrogens is 1. The van der Waals surface area contributed by atoms with Crippen molar-refractivity contribution < 1.29 is 14.4 Å². The van der Waals surface area contributed by atoms with Crippen LogP contribution in [0, 0.1) is 0 Å². The third-order valence-corrected chi connectivity index (χ3v) is 2.90. The molecular formula is C14H14ClNO3. The molecule has 0 spiro atoms. The van der Waals surface area contributed by atoms with Crippen molar-refractivity contribution >= 4 is 17.6 Å². The lowest BCUT2D eigenvalue weighted by Crippen LogP contribution is -2.17. The molecule has 1 aromatic heterocycles. The van der Waals surface area contributed by atoms with Crippen LogP contribution in [-0.2, 0) is 4.74 Å². The molecule has 1 heterocycles. The lowest BCUT2D eigenvalue weighted by atomic mass is 10.2. The number of esters is 1. The van der Waals surface area contributed by atoms with Gasteiger partial charge in [0.05, 0.1) is 12.3 Å². The van der Waals surface area contributed by atoms with Crippen molar-refractivity contribution in [3.8, 4) is 11.3 Å². The lowest BCUT2D eigenvalue weighted by molar-refractivity contribution is 0.0474. The van der Waals surface area contributed by atoms with Crippen LogP contribution in [0.4, 0.5) is 0 Å². The zero-order chi connectivity index (χ0) is 13.8. The van der Waals surface area contributed by atoms with Crippen molar-refractivity contribution in [2.75, 3.05) is 13.7 Å². The Morgan fingerprint density at radius 2 is 1.89 bits per heavy atom. The van der Waals surface area contributed by atoms with Crippen LogP contribution in [0.1, 0.15) is 17.4 Å². The average Bonchev–Trinajstić information content (AvgIpc) is 2.83. The van der Waals surface area contributed by atoms with Gasteiger partial charge in [-0.1, -0.05) is 23.7 Å². The molecule has 19 heavy (non-hydrogen) atoms. The zero-order valence-corrected chi connectivity index (χ0v) is 11.5. The summed E-state index contributed by atoms with van der Waals surface area (Å²) in [6.45, 7) is 2.09. The standard InChI is InChI=1S/C14H14ClNO3/c1-3-19-14(17)13-9-8-12(16(13)18-2)10-4-6-11(15)7-5-10/h4-9H,3H2,1-2H3. The molecule has 0 saturated heterocycles. The summed E-state index contributed by atoms with van der Waals surface area (Å²) in [7, 11) is 1.50. The Kier molecular flexibility index (Phi) is 4.12. The second-order valence-electron chi connectivity index (χ2n) is 3.81. The van der Waals surface area contributed by atoms with Gasteiger partial charge in [0.1, 0.15) is 7.11 Å². The van der Waals surface area contributed by atoms with Gasteiger partial charge in [-0.2, -0.15) is 4.73 Å². The number of carbonyl (C=O) groups excluding carboxylic acids is 1. The first-order valence-electron chi connectivity index (χ1n) is 5.86. The Labute approximate surface area is 116 Å². The van der Waals surface area contributed by atoms with Crippen molar-refractivity contribution in [2.45, 2.75) is 6.92 Å². The van der Waals surface area contributed by atoms with Crippen LogP contribution >= 0.6 is 11.6 Å². The fraction of sp³-hybridized carbons (Fsp3) is 0.214. The molecule has 0 fully saturated rings. The molecule has 0 bridgehead atoms. The number of hydrogen-bond donors (Lipinski definition) is 0. The molecule has 0 N–H and O–H groups in total. The number of nitrogens with zero attached hydrogens (tertiary/aromatic N) is 1. The molecule has 5 heteroatoms. The minimum Gasteiger partial charge on any atom is -0.461 e. The van der Waals surface area contributed by atoms with Gasteiger partial charge in [0, 0.05) is 10.6 Å². The summed E-state index contributed by atoms with van der Waals surface area (Å²) < 4.78 is 6.42. The largest absolute Gasteiger partial charge is 0.461 e. The molecule has 0 aliphatic rings. The van der Waals surface area contributed by atoms with Crippen LogP contribution in [0.3, 0.4) is 0 Å². The van der Waals surface area contributed by atoms with E-state index in [4.69, 9.17) is 21.2 Å². The predicted molar refractivity (Wildman–Crippen MR) is 73.3 cm³/mol.